The Labute approximate surface area is 189 Å². The lowest BCUT2D eigenvalue weighted by atomic mass is 9.63. The molecule has 1 heterocycles. The topological polar surface area (TPSA) is 81.8 Å². The summed E-state index contributed by atoms with van der Waals surface area (Å²) in [6.07, 6.45) is -0.0616. The van der Waals surface area contributed by atoms with Gasteiger partial charge < -0.3 is 20.2 Å². The van der Waals surface area contributed by atoms with E-state index in [-0.39, 0.29) is 11.8 Å². The monoisotopic (exact) mass is 435 g/mol. The summed E-state index contributed by atoms with van der Waals surface area (Å²) in [6.45, 7) is 8.15. The van der Waals surface area contributed by atoms with Gasteiger partial charge in [0.1, 0.15) is 0 Å². The number of aromatic hydroxyl groups is 1. The van der Waals surface area contributed by atoms with E-state index in [1.807, 2.05) is 54.6 Å². The van der Waals surface area contributed by atoms with Gasteiger partial charge in [0, 0.05) is 36.2 Å². The van der Waals surface area contributed by atoms with Gasteiger partial charge in [-0.3, -0.25) is 0 Å². The molecule has 4 rings (SSSR count). The van der Waals surface area contributed by atoms with E-state index in [4.69, 9.17) is 0 Å². The highest BCUT2D eigenvalue weighted by Crippen LogP contribution is 2.51. The van der Waals surface area contributed by atoms with E-state index >= 15 is 0 Å². The summed E-state index contributed by atoms with van der Waals surface area (Å²) in [6, 6.07) is 17.5. The minimum absolute atomic E-state index is 0.00178. The van der Waals surface area contributed by atoms with Gasteiger partial charge in [-0.1, -0.05) is 43.7 Å². The summed E-state index contributed by atoms with van der Waals surface area (Å²) in [5.74, 6) is -0.959. The fourth-order valence-corrected chi connectivity index (χ4v) is 4.91. The number of aliphatic hydroxyl groups is 2. The molecule has 1 aromatic heterocycles. The van der Waals surface area contributed by atoms with Gasteiger partial charge in [0.2, 0.25) is 5.88 Å². The Morgan fingerprint density at radius 3 is 2.06 bits per heavy atom. The van der Waals surface area contributed by atoms with Crippen molar-refractivity contribution in [3.05, 3.63) is 71.4 Å². The molecule has 3 aromatic rings. The molecule has 1 aliphatic rings. The third kappa shape index (κ3) is 3.78. The van der Waals surface area contributed by atoms with Gasteiger partial charge in [-0.05, 0) is 50.1 Å². The zero-order chi connectivity index (χ0) is 22.8. The predicted molar refractivity (Wildman–Crippen MR) is 127 cm³/mol. The molecule has 2 aromatic carbocycles. The summed E-state index contributed by atoms with van der Waals surface area (Å²) in [4.78, 5) is 2.26. The van der Waals surface area contributed by atoms with Crippen LogP contribution in [-0.2, 0) is 6.42 Å². The van der Waals surface area contributed by atoms with Crippen LogP contribution < -0.4 is 4.90 Å². The zero-order valence-electron chi connectivity index (χ0n) is 19.0. The number of aromatic nitrogens is 2. The van der Waals surface area contributed by atoms with Crippen LogP contribution in [0.15, 0.2) is 54.6 Å². The second kappa shape index (κ2) is 9.35. The van der Waals surface area contributed by atoms with Gasteiger partial charge in [0.25, 0.3) is 0 Å². The molecular formula is C26H33N3O3. The number of benzene rings is 2. The Hall–Kier alpha value is -2.83. The molecular weight excluding hydrogens is 402 g/mol. The van der Waals surface area contributed by atoms with Crippen LogP contribution in [-0.4, -0.2) is 50.4 Å². The smallest absolute Gasteiger partial charge is 0.218 e. The highest BCUT2D eigenvalue weighted by molar-refractivity contribution is 5.51. The van der Waals surface area contributed by atoms with Crippen molar-refractivity contribution >= 4 is 5.69 Å². The largest absolute Gasteiger partial charge is 0.493 e. The highest BCUT2D eigenvalue weighted by atomic mass is 16.3. The van der Waals surface area contributed by atoms with Crippen LogP contribution >= 0.6 is 0 Å². The molecule has 32 heavy (non-hydrogen) atoms. The maximum absolute atomic E-state index is 11.1. The molecule has 1 fully saturated rings. The molecule has 6 nitrogen and oxygen atoms in total. The highest BCUT2D eigenvalue weighted by Gasteiger charge is 2.52. The molecule has 170 valence electrons. The van der Waals surface area contributed by atoms with Crippen LogP contribution in [0.1, 0.15) is 55.8 Å². The molecule has 3 N–H and O–H groups in total. The molecule has 2 atom stereocenters. The van der Waals surface area contributed by atoms with Crippen LogP contribution in [0.5, 0.6) is 5.88 Å². The van der Waals surface area contributed by atoms with Gasteiger partial charge >= 0.3 is 0 Å². The first-order valence-corrected chi connectivity index (χ1v) is 11.6. The molecule has 0 bridgehead atoms. The van der Waals surface area contributed by atoms with Crippen LogP contribution in [0, 0.1) is 0 Å². The molecule has 6 heteroatoms. The first kappa shape index (κ1) is 22.4. The fraction of sp³-hybridized carbons (Fsp3) is 0.423. The first-order chi connectivity index (χ1) is 15.5. The van der Waals surface area contributed by atoms with E-state index in [0.29, 0.717) is 12.0 Å². The van der Waals surface area contributed by atoms with Gasteiger partial charge in [0.05, 0.1) is 23.6 Å². The number of hydrogen-bond donors (Lipinski definition) is 3. The summed E-state index contributed by atoms with van der Waals surface area (Å²) in [5.41, 5.74) is 4.08. The quantitative estimate of drug-likeness (QED) is 0.499. The lowest BCUT2D eigenvalue weighted by Crippen LogP contribution is -2.51. The molecule has 2 unspecified atom stereocenters. The van der Waals surface area contributed by atoms with Gasteiger partial charge in [-0.15, -0.1) is 0 Å². The molecule has 0 amide bonds. The second-order valence-corrected chi connectivity index (χ2v) is 8.48. The maximum Gasteiger partial charge on any atom is 0.218 e. The van der Waals surface area contributed by atoms with Crippen molar-refractivity contribution in [1.82, 2.24) is 9.78 Å². The van der Waals surface area contributed by atoms with Gasteiger partial charge in [0.15, 0.2) is 0 Å². The van der Waals surface area contributed by atoms with Crippen molar-refractivity contribution in [2.75, 3.05) is 18.0 Å². The fourth-order valence-electron chi connectivity index (χ4n) is 4.91. The average Bonchev–Trinajstić information content (AvgIpc) is 3.12. The number of hydrogen-bond acceptors (Lipinski definition) is 5. The minimum Gasteiger partial charge on any atom is -0.493 e. The summed E-state index contributed by atoms with van der Waals surface area (Å²) < 4.78 is 1.51. The Kier molecular flexibility index (Phi) is 6.53. The van der Waals surface area contributed by atoms with Gasteiger partial charge in [-0.25, -0.2) is 4.68 Å². The number of aliphatic hydroxyl groups excluding tert-OH is 2. The Bertz CT molecular complexity index is 1020. The minimum atomic E-state index is -0.792. The molecule has 0 spiro atoms. The summed E-state index contributed by atoms with van der Waals surface area (Å²) in [7, 11) is 0. The van der Waals surface area contributed by atoms with E-state index in [1.165, 1.54) is 4.68 Å². The molecule has 0 radical (unpaired) electrons. The van der Waals surface area contributed by atoms with Crippen LogP contribution in [0.3, 0.4) is 0 Å². The molecule has 1 aliphatic carbocycles. The maximum atomic E-state index is 11.1. The number of para-hydroxylation sites is 1. The Balaban J connectivity index is 1.63. The number of anilines is 1. The first-order valence-electron chi connectivity index (χ1n) is 11.6. The standard InChI is InChI=1S/C26H33N3O3/c1-4-10-20-22(26(32)29(27-20)19-11-8-7-9-12-19)23-24(30)21(25(23)31)17-13-15-18(16-14-17)28(5-2)6-3/h7-9,11-16,21,23-25,30-32H,4-6,10H2,1-3H3. The van der Waals surface area contributed by atoms with Crippen molar-refractivity contribution in [1.29, 1.82) is 0 Å². The predicted octanol–water partition coefficient (Wildman–Crippen LogP) is 3.98. The lowest BCUT2D eigenvalue weighted by molar-refractivity contribution is -0.0794. The molecule has 1 saturated carbocycles. The van der Waals surface area contributed by atoms with Crippen LogP contribution in [0.4, 0.5) is 5.69 Å². The SMILES string of the molecule is CCCc1nn(-c2ccccc2)c(O)c1C1C(O)C(c2ccc(N(CC)CC)cc2)C1O. The summed E-state index contributed by atoms with van der Waals surface area (Å²) >= 11 is 0. The van der Waals surface area contributed by atoms with E-state index in [9.17, 15) is 15.3 Å². The third-order valence-electron chi connectivity index (χ3n) is 6.67. The Morgan fingerprint density at radius 1 is 0.875 bits per heavy atom. The lowest BCUT2D eigenvalue weighted by Gasteiger charge is -2.46. The van der Waals surface area contributed by atoms with E-state index < -0.39 is 18.1 Å². The van der Waals surface area contributed by atoms with E-state index in [0.717, 1.165) is 42.1 Å². The second-order valence-electron chi connectivity index (χ2n) is 8.48. The number of rotatable bonds is 8. The van der Waals surface area contributed by atoms with Crippen molar-refractivity contribution < 1.29 is 15.3 Å². The average molecular weight is 436 g/mol. The normalized spacial score (nSPS) is 22.5. The zero-order valence-corrected chi connectivity index (χ0v) is 19.0. The van der Waals surface area contributed by atoms with Crippen molar-refractivity contribution in [2.45, 2.75) is 57.7 Å². The Morgan fingerprint density at radius 2 is 1.50 bits per heavy atom. The van der Waals surface area contributed by atoms with E-state index in [2.05, 4.69) is 30.8 Å². The van der Waals surface area contributed by atoms with Crippen LogP contribution in [0.25, 0.3) is 5.69 Å². The van der Waals surface area contributed by atoms with Crippen molar-refractivity contribution in [3.63, 3.8) is 0 Å². The summed E-state index contributed by atoms with van der Waals surface area (Å²) in [5, 5.41) is 37.9. The van der Waals surface area contributed by atoms with Crippen molar-refractivity contribution in [2.24, 2.45) is 0 Å². The van der Waals surface area contributed by atoms with Crippen molar-refractivity contribution in [3.8, 4) is 11.6 Å². The third-order valence-corrected chi connectivity index (χ3v) is 6.67. The van der Waals surface area contributed by atoms with Gasteiger partial charge in [-0.2, -0.15) is 5.10 Å². The molecule has 0 aliphatic heterocycles. The van der Waals surface area contributed by atoms with E-state index in [1.54, 1.807) is 0 Å². The molecule has 0 saturated heterocycles. The number of aryl methyl sites for hydroxylation is 1. The number of nitrogens with zero attached hydrogens (tertiary/aromatic N) is 3. The van der Waals surface area contributed by atoms with Crippen LogP contribution in [0.2, 0.25) is 0 Å².